The van der Waals surface area contributed by atoms with Crippen LogP contribution in [-0.2, 0) is 20.8 Å². The Balaban J connectivity index is 2.67. The second-order valence-corrected chi connectivity index (χ2v) is 7.51. The molecule has 1 amide bonds. The quantitative estimate of drug-likeness (QED) is 0.666. The van der Waals surface area contributed by atoms with Gasteiger partial charge < -0.3 is 19.5 Å². The van der Waals surface area contributed by atoms with E-state index in [1.165, 1.54) is 0 Å². The summed E-state index contributed by atoms with van der Waals surface area (Å²) in [6, 6.07) is 12.1. The zero-order chi connectivity index (χ0) is 20.3. The third-order valence-electron chi connectivity index (χ3n) is 4.55. The predicted molar refractivity (Wildman–Crippen MR) is 104 cm³/mol. The SMILES string of the molecule is CCNC(=O)OC(C#N)(CC[C@@H](COCc1ccccc1)OC)C(C)(C)C. The van der Waals surface area contributed by atoms with Gasteiger partial charge in [0, 0.05) is 25.5 Å². The Morgan fingerprint density at radius 3 is 2.44 bits per heavy atom. The van der Waals surface area contributed by atoms with E-state index in [-0.39, 0.29) is 6.10 Å². The van der Waals surface area contributed by atoms with Crippen molar-refractivity contribution in [3.63, 3.8) is 0 Å². The lowest BCUT2D eigenvalue weighted by Crippen LogP contribution is -2.48. The van der Waals surface area contributed by atoms with Crippen LogP contribution in [0.2, 0.25) is 0 Å². The van der Waals surface area contributed by atoms with E-state index in [4.69, 9.17) is 14.2 Å². The van der Waals surface area contributed by atoms with Crippen LogP contribution in [0, 0.1) is 16.7 Å². The van der Waals surface area contributed by atoms with Gasteiger partial charge in [-0.2, -0.15) is 5.26 Å². The molecule has 150 valence electrons. The number of nitrogens with one attached hydrogen (secondary N) is 1. The third kappa shape index (κ3) is 7.20. The number of hydrogen-bond acceptors (Lipinski definition) is 5. The number of alkyl carbamates (subject to hydrolysis) is 1. The molecule has 1 unspecified atom stereocenters. The Morgan fingerprint density at radius 1 is 1.26 bits per heavy atom. The molecule has 0 aliphatic rings. The maximum absolute atomic E-state index is 12.0. The molecule has 0 aromatic heterocycles. The maximum atomic E-state index is 12.0. The van der Waals surface area contributed by atoms with E-state index < -0.39 is 17.1 Å². The van der Waals surface area contributed by atoms with Gasteiger partial charge in [-0.25, -0.2) is 4.79 Å². The lowest BCUT2D eigenvalue weighted by atomic mass is 9.74. The Labute approximate surface area is 162 Å². The summed E-state index contributed by atoms with van der Waals surface area (Å²) in [5.74, 6) is 0. The number of ether oxygens (including phenoxy) is 3. The molecule has 6 heteroatoms. The average molecular weight is 376 g/mol. The van der Waals surface area contributed by atoms with E-state index in [0.717, 1.165) is 5.56 Å². The summed E-state index contributed by atoms with van der Waals surface area (Å²) in [5.41, 5.74) is -0.702. The van der Waals surface area contributed by atoms with Crippen LogP contribution in [0.1, 0.15) is 46.1 Å². The summed E-state index contributed by atoms with van der Waals surface area (Å²) >= 11 is 0. The number of carbonyl (C=O) groups excluding carboxylic acids is 1. The number of rotatable bonds is 10. The Kier molecular flexibility index (Phi) is 9.27. The van der Waals surface area contributed by atoms with Crippen molar-refractivity contribution in [3.8, 4) is 6.07 Å². The lowest BCUT2D eigenvalue weighted by molar-refractivity contribution is -0.0522. The van der Waals surface area contributed by atoms with Crippen molar-refractivity contribution in [2.24, 2.45) is 5.41 Å². The smallest absolute Gasteiger partial charge is 0.408 e. The Hall–Kier alpha value is -2.10. The molecule has 6 nitrogen and oxygen atoms in total. The van der Waals surface area contributed by atoms with Crippen molar-refractivity contribution < 1.29 is 19.0 Å². The van der Waals surface area contributed by atoms with E-state index >= 15 is 0 Å². The Morgan fingerprint density at radius 2 is 1.93 bits per heavy atom. The van der Waals surface area contributed by atoms with Gasteiger partial charge in [0.15, 0.2) is 0 Å². The number of amides is 1. The molecule has 1 aromatic carbocycles. The highest BCUT2D eigenvalue weighted by Gasteiger charge is 2.46. The van der Waals surface area contributed by atoms with Crippen LogP contribution in [0.5, 0.6) is 0 Å². The monoisotopic (exact) mass is 376 g/mol. The van der Waals surface area contributed by atoms with Gasteiger partial charge in [0.25, 0.3) is 0 Å². The third-order valence-corrected chi connectivity index (χ3v) is 4.55. The molecule has 1 aromatic rings. The minimum atomic E-state index is -1.25. The van der Waals surface area contributed by atoms with Crippen molar-refractivity contribution in [2.45, 2.75) is 58.8 Å². The molecule has 0 spiro atoms. The van der Waals surface area contributed by atoms with Gasteiger partial charge in [-0.3, -0.25) is 0 Å². The van der Waals surface area contributed by atoms with E-state index in [0.29, 0.717) is 32.6 Å². The molecule has 0 bridgehead atoms. The van der Waals surface area contributed by atoms with Crippen molar-refractivity contribution >= 4 is 6.09 Å². The molecule has 2 atom stereocenters. The van der Waals surface area contributed by atoms with Crippen molar-refractivity contribution in [2.75, 3.05) is 20.3 Å². The molecule has 0 fully saturated rings. The first-order chi connectivity index (χ1) is 12.8. The summed E-state index contributed by atoms with van der Waals surface area (Å²) in [4.78, 5) is 12.0. The minimum Gasteiger partial charge on any atom is -0.427 e. The lowest BCUT2D eigenvalue weighted by Gasteiger charge is -2.38. The molecule has 0 saturated heterocycles. The number of carbonyl (C=O) groups is 1. The van der Waals surface area contributed by atoms with Crippen LogP contribution in [0.4, 0.5) is 4.79 Å². The summed E-state index contributed by atoms with van der Waals surface area (Å²) < 4.78 is 16.8. The van der Waals surface area contributed by atoms with E-state index in [1.54, 1.807) is 14.0 Å². The number of methoxy groups -OCH3 is 1. The summed E-state index contributed by atoms with van der Waals surface area (Å²) in [6.45, 7) is 8.82. The highest BCUT2D eigenvalue weighted by atomic mass is 16.6. The molecule has 0 radical (unpaired) electrons. The predicted octanol–water partition coefficient (Wildman–Crippen LogP) is 4.05. The summed E-state index contributed by atoms with van der Waals surface area (Å²) in [6.07, 6.45) is 0.122. The summed E-state index contributed by atoms with van der Waals surface area (Å²) in [7, 11) is 1.62. The van der Waals surface area contributed by atoms with Crippen LogP contribution in [0.3, 0.4) is 0 Å². The van der Waals surface area contributed by atoms with Crippen molar-refractivity contribution in [1.82, 2.24) is 5.32 Å². The normalized spacial score (nSPS) is 14.7. The van der Waals surface area contributed by atoms with E-state index in [9.17, 15) is 10.1 Å². The Bertz CT molecular complexity index is 607. The van der Waals surface area contributed by atoms with Crippen LogP contribution < -0.4 is 5.32 Å². The number of nitriles is 1. The second-order valence-electron chi connectivity index (χ2n) is 7.51. The van der Waals surface area contributed by atoms with Gasteiger partial charge in [0.2, 0.25) is 5.60 Å². The zero-order valence-corrected chi connectivity index (χ0v) is 17.1. The van der Waals surface area contributed by atoms with E-state index in [1.807, 2.05) is 51.1 Å². The maximum Gasteiger partial charge on any atom is 0.408 e. The number of hydrogen-bond donors (Lipinski definition) is 1. The molecule has 1 N–H and O–H groups in total. The molecule has 1 rings (SSSR count). The fourth-order valence-corrected chi connectivity index (χ4v) is 2.68. The molecular weight excluding hydrogens is 344 g/mol. The van der Waals surface area contributed by atoms with Gasteiger partial charge in [-0.1, -0.05) is 51.1 Å². The largest absolute Gasteiger partial charge is 0.427 e. The van der Waals surface area contributed by atoms with Gasteiger partial charge >= 0.3 is 6.09 Å². The van der Waals surface area contributed by atoms with E-state index in [2.05, 4.69) is 11.4 Å². The van der Waals surface area contributed by atoms with Gasteiger partial charge in [0.1, 0.15) is 6.07 Å². The van der Waals surface area contributed by atoms with Crippen LogP contribution in [-0.4, -0.2) is 38.1 Å². The fraction of sp³-hybridized carbons (Fsp3) is 0.619. The highest BCUT2D eigenvalue weighted by Crippen LogP contribution is 2.38. The minimum absolute atomic E-state index is 0.193. The molecule has 0 saturated carbocycles. The van der Waals surface area contributed by atoms with Crippen molar-refractivity contribution in [1.29, 1.82) is 5.26 Å². The van der Waals surface area contributed by atoms with Gasteiger partial charge in [0.05, 0.1) is 19.3 Å². The van der Waals surface area contributed by atoms with Gasteiger partial charge in [-0.15, -0.1) is 0 Å². The van der Waals surface area contributed by atoms with Crippen molar-refractivity contribution in [3.05, 3.63) is 35.9 Å². The summed E-state index contributed by atoms with van der Waals surface area (Å²) in [5, 5.41) is 12.4. The molecule has 0 aliphatic carbocycles. The first kappa shape index (κ1) is 22.9. The molecular formula is C21H32N2O4. The molecule has 0 aliphatic heterocycles. The first-order valence-corrected chi connectivity index (χ1v) is 9.30. The van der Waals surface area contributed by atoms with Crippen LogP contribution in [0.25, 0.3) is 0 Å². The zero-order valence-electron chi connectivity index (χ0n) is 17.1. The number of benzene rings is 1. The topological polar surface area (TPSA) is 80.6 Å². The molecule has 27 heavy (non-hydrogen) atoms. The standard InChI is InChI=1S/C21H32N2O4/c1-6-23-19(24)27-21(16-22,20(2,3)4)13-12-18(25-5)15-26-14-17-10-8-7-9-11-17/h7-11,18H,6,12-15H2,1-5H3,(H,23,24)/t18-,21?/m0/s1. The van der Waals surface area contributed by atoms with Crippen LogP contribution in [0.15, 0.2) is 30.3 Å². The van der Waals surface area contributed by atoms with Crippen LogP contribution >= 0.6 is 0 Å². The molecule has 0 heterocycles. The number of nitrogens with zero attached hydrogens (tertiary/aromatic N) is 1. The van der Waals surface area contributed by atoms with Gasteiger partial charge in [-0.05, 0) is 18.9 Å². The first-order valence-electron chi connectivity index (χ1n) is 9.30. The second kappa shape index (κ2) is 10.9. The highest BCUT2D eigenvalue weighted by molar-refractivity contribution is 5.68. The fourth-order valence-electron chi connectivity index (χ4n) is 2.68. The average Bonchev–Trinajstić information content (AvgIpc) is 2.63.